The molecule has 1 unspecified atom stereocenters. The minimum Gasteiger partial charge on any atom is -0.468 e. The molecule has 0 aromatic carbocycles. The number of pyridine rings is 1. The van der Waals surface area contributed by atoms with Crippen LogP contribution in [0.25, 0.3) is 0 Å². The van der Waals surface area contributed by atoms with E-state index in [2.05, 4.69) is 29.3 Å². The summed E-state index contributed by atoms with van der Waals surface area (Å²) >= 11 is 0. The van der Waals surface area contributed by atoms with Crippen LogP contribution in [-0.2, 0) is 6.54 Å². The Morgan fingerprint density at radius 3 is 2.67 bits per heavy atom. The number of hydrogen-bond donors (Lipinski definition) is 1. The Balaban J connectivity index is 1.87. The molecule has 0 spiro atoms. The smallest absolute Gasteiger partial charge is 0.122 e. The molecule has 2 rings (SSSR count). The second-order valence-corrected chi connectivity index (χ2v) is 4.48. The van der Waals surface area contributed by atoms with Crippen molar-refractivity contribution in [1.82, 2.24) is 15.2 Å². The van der Waals surface area contributed by atoms with Crippen LogP contribution in [0.15, 0.2) is 47.3 Å². The Morgan fingerprint density at radius 1 is 1.28 bits per heavy atom. The average molecular weight is 245 g/mol. The third-order valence-corrected chi connectivity index (χ3v) is 2.91. The molecule has 0 aliphatic rings. The standard InChI is InChI=1S/C14H19N3O/c1-17(2)13(14-4-3-9-18-14)11-16-10-12-5-7-15-8-6-12/h3-9,13,16H,10-11H2,1-2H3. The van der Waals surface area contributed by atoms with E-state index >= 15 is 0 Å². The lowest BCUT2D eigenvalue weighted by molar-refractivity contribution is 0.250. The summed E-state index contributed by atoms with van der Waals surface area (Å²) in [5.41, 5.74) is 1.24. The Bertz CT molecular complexity index is 439. The van der Waals surface area contributed by atoms with E-state index in [1.807, 2.05) is 36.7 Å². The van der Waals surface area contributed by atoms with Gasteiger partial charge < -0.3 is 9.73 Å². The molecule has 2 aromatic heterocycles. The number of nitrogens with zero attached hydrogens (tertiary/aromatic N) is 2. The first-order valence-corrected chi connectivity index (χ1v) is 6.07. The van der Waals surface area contributed by atoms with Crippen molar-refractivity contribution in [3.8, 4) is 0 Å². The largest absolute Gasteiger partial charge is 0.468 e. The van der Waals surface area contributed by atoms with Crippen molar-refractivity contribution < 1.29 is 4.42 Å². The lowest BCUT2D eigenvalue weighted by atomic mass is 10.2. The highest BCUT2D eigenvalue weighted by molar-refractivity contribution is 5.10. The average Bonchev–Trinajstić information content (AvgIpc) is 2.89. The molecule has 96 valence electrons. The molecule has 0 aliphatic carbocycles. The van der Waals surface area contributed by atoms with E-state index in [9.17, 15) is 0 Å². The van der Waals surface area contributed by atoms with Gasteiger partial charge in [0.05, 0.1) is 12.3 Å². The van der Waals surface area contributed by atoms with Gasteiger partial charge in [-0.25, -0.2) is 0 Å². The maximum absolute atomic E-state index is 5.47. The van der Waals surface area contributed by atoms with Gasteiger partial charge in [-0.2, -0.15) is 0 Å². The minimum atomic E-state index is 0.252. The van der Waals surface area contributed by atoms with E-state index in [4.69, 9.17) is 4.42 Å². The molecular weight excluding hydrogens is 226 g/mol. The fourth-order valence-corrected chi connectivity index (χ4v) is 1.87. The van der Waals surface area contributed by atoms with Gasteiger partial charge in [0.25, 0.3) is 0 Å². The summed E-state index contributed by atoms with van der Waals surface area (Å²) in [4.78, 5) is 6.16. The van der Waals surface area contributed by atoms with Crippen LogP contribution >= 0.6 is 0 Å². The normalized spacial score (nSPS) is 12.8. The predicted octanol–water partition coefficient (Wildman–Crippen LogP) is 2.07. The van der Waals surface area contributed by atoms with Gasteiger partial charge in [-0.15, -0.1) is 0 Å². The highest BCUT2D eigenvalue weighted by atomic mass is 16.3. The van der Waals surface area contributed by atoms with Crippen molar-refractivity contribution in [3.05, 3.63) is 54.2 Å². The Labute approximate surface area is 108 Å². The molecule has 0 aliphatic heterocycles. The molecule has 4 nitrogen and oxygen atoms in total. The van der Waals surface area contributed by atoms with Crippen LogP contribution in [0.5, 0.6) is 0 Å². The maximum Gasteiger partial charge on any atom is 0.122 e. The molecular formula is C14H19N3O. The summed E-state index contributed by atoms with van der Waals surface area (Å²) in [6, 6.07) is 8.23. The van der Waals surface area contributed by atoms with Crippen LogP contribution in [0, 0.1) is 0 Å². The molecule has 0 saturated carbocycles. The maximum atomic E-state index is 5.47. The van der Waals surface area contributed by atoms with Crippen LogP contribution in [0.2, 0.25) is 0 Å². The highest BCUT2D eigenvalue weighted by Gasteiger charge is 2.15. The Kier molecular flexibility index (Phi) is 4.50. The van der Waals surface area contributed by atoms with Crippen molar-refractivity contribution in [2.75, 3.05) is 20.6 Å². The van der Waals surface area contributed by atoms with Crippen LogP contribution in [0.1, 0.15) is 17.4 Å². The third kappa shape index (κ3) is 3.42. The molecule has 0 saturated heterocycles. The van der Waals surface area contributed by atoms with Crippen LogP contribution in [-0.4, -0.2) is 30.5 Å². The molecule has 2 heterocycles. The number of aromatic nitrogens is 1. The Morgan fingerprint density at radius 2 is 2.06 bits per heavy atom. The molecule has 0 amide bonds. The van der Waals surface area contributed by atoms with Gasteiger partial charge in [0.1, 0.15) is 5.76 Å². The van der Waals surface area contributed by atoms with Gasteiger partial charge in [0, 0.05) is 25.5 Å². The van der Waals surface area contributed by atoms with Crippen molar-refractivity contribution in [1.29, 1.82) is 0 Å². The van der Waals surface area contributed by atoms with Crippen LogP contribution in [0.3, 0.4) is 0 Å². The van der Waals surface area contributed by atoms with Gasteiger partial charge in [0.2, 0.25) is 0 Å². The summed E-state index contributed by atoms with van der Waals surface area (Å²) in [6.07, 6.45) is 5.34. The summed E-state index contributed by atoms with van der Waals surface area (Å²) in [5.74, 6) is 0.988. The monoisotopic (exact) mass is 245 g/mol. The Hall–Kier alpha value is -1.65. The second kappa shape index (κ2) is 6.33. The summed E-state index contributed by atoms with van der Waals surface area (Å²) in [6.45, 7) is 1.69. The first-order chi connectivity index (χ1) is 8.77. The number of likely N-dealkylation sites (N-methyl/N-ethyl adjacent to an activating group) is 1. The topological polar surface area (TPSA) is 41.3 Å². The molecule has 0 fully saturated rings. The quantitative estimate of drug-likeness (QED) is 0.846. The van der Waals surface area contributed by atoms with E-state index < -0.39 is 0 Å². The molecule has 1 N–H and O–H groups in total. The summed E-state index contributed by atoms with van der Waals surface area (Å²) in [7, 11) is 4.11. The van der Waals surface area contributed by atoms with Crippen LogP contribution < -0.4 is 5.32 Å². The second-order valence-electron chi connectivity index (χ2n) is 4.48. The van der Waals surface area contributed by atoms with Gasteiger partial charge in [-0.05, 0) is 43.9 Å². The zero-order valence-corrected chi connectivity index (χ0v) is 10.8. The lowest BCUT2D eigenvalue weighted by Gasteiger charge is -2.22. The fraction of sp³-hybridized carbons (Fsp3) is 0.357. The SMILES string of the molecule is CN(C)C(CNCc1ccncc1)c1ccco1. The molecule has 4 heteroatoms. The van der Waals surface area contributed by atoms with Gasteiger partial charge >= 0.3 is 0 Å². The van der Waals surface area contributed by atoms with Crippen molar-refractivity contribution >= 4 is 0 Å². The zero-order valence-electron chi connectivity index (χ0n) is 10.8. The molecule has 18 heavy (non-hydrogen) atoms. The van der Waals surface area contributed by atoms with Gasteiger partial charge in [-0.3, -0.25) is 9.88 Å². The molecule has 0 radical (unpaired) electrons. The first-order valence-electron chi connectivity index (χ1n) is 6.07. The van der Waals surface area contributed by atoms with Crippen molar-refractivity contribution in [2.24, 2.45) is 0 Å². The zero-order chi connectivity index (χ0) is 12.8. The van der Waals surface area contributed by atoms with Gasteiger partial charge in [-0.1, -0.05) is 0 Å². The highest BCUT2D eigenvalue weighted by Crippen LogP contribution is 2.17. The molecule has 0 bridgehead atoms. The number of nitrogens with one attached hydrogen (secondary N) is 1. The van der Waals surface area contributed by atoms with Crippen LogP contribution in [0.4, 0.5) is 0 Å². The van der Waals surface area contributed by atoms with E-state index in [-0.39, 0.29) is 6.04 Å². The first kappa shape index (κ1) is 12.8. The fourth-order valence-electron chi connectivity index (χ4n) is 1.87. The number of hydrogen-bond acceptors (Lipinski definition) is 4. The summed E-state index contributed by atoms with van der Waals surface area (Å²) < 4.78 is 5.47. The lowest BCUT2D eigenvalue weighted by Crippen LogP contribution is -2.30. The van der Waals surface area contributed by atoms with E-state index in [1.165, 1.54) is 5.56 Å². The van der Waals surface area contributed by atoms with E-state index in [1.54, 1.807) is 6.26 Å². The number of furan rings is 1. The third-order valence-electron chi connectivity index (χ3n) is 2.91. The van der Waals surface area contributed by atoms with Gasteiger partial charge in [0.15, 0.2) is 0 Å². The molecule has 2 aromatic rings. The van der Waals surface area contributed by atoms with E-state index in [0.29, 0.717) is 0 Å². The number of rotatable bonds is 6. The predicted molar refractivity (Wildman–Crippen MR) is 71.1 cm³/mol. The minimum absolute atomic E-state index is 0.252. The van der Waals surface area contributed by atoms with Crippen molar-refractivity contribution in [3.63, 3.8) is 0 Å². The van der Waals surface area contributed by atoms with Crippen molar-refractivity contribution in [2.45, 2.75) is 12.6 Å². The van der Waals surface area contributed by atoms with E-state index in [0.717, 1.165) is 18.8 Å². The summed E-state index contributed by atoms with van der Waals surface area (Å²) in [5, 5.41) is 3.44. The molecule has 1 atom stereocenters.